The molecule has 1 fully saturated rings. The van der Waals surface area contributed by atoms with Crippen LogP contribution in [0.5, 0.6) is 5.75 Å². The van der Waals surface area contributed by atoms with Gasteiger partial charge >= 0.3 is 5.97 Å². The number of nitrogens with one attached hydrogen (secondary N) is 1. The SMILES string of the molecule is CCOC(=O)c1ccc(N=C2SC(C(=O)Nc3ccccc3OC)CC(=O)N2Cc2ccccc2)cc1. The van der Waals surface area contributed by atoms with Crippen LogP contribution in [0.4, 0.5) is 11.4 Å². The van der Waals surface area contributed by atoms with Crippen LogP contribution in [0.2, 0.25) is 0 Å². The summed E-state index contributed by atoms with van der Waals surface area (Å²) in [7, 11) is 1.53. The lowest BCUT2D eigenvalue weighted by Gasteiger charge is -2.32. The number of aliphatic imine (C=N–C) groups is 1. The molecule has 1 heterocycles. The summed E-state index contributed by atoms with van der Waals surface area (Å²) in [5, 5.41) is 2.60. The van der Waals surface area contributed by atoms with Crippen molar-refractivity contribution in [1.82, 2.24) is 4.90 Å². The molecule has 1 N–H and O–H groups in total. The summed E-state index contributed by atoms with van der Waals surface area (Å²) in [6, 6.07) is 23.3. The van der Waals surface area contributed by atoms with Crippen molar-refractivity contribution in [1.29, 1.82) is 0 Å². The molecule has 37 heavy (non-hydrogen) atoms. The number of esters is 1. The summed E-state index contributed by atoms with van der Waals surface area (Å²) in [4.78, 5) is 44.7. The van der Waals surface area contributed by atoms with Gasteiger partial charge in [0.1, 0.15) is 11.0 Å². The lowest BCUT2D eigenvalue weighted by Crippen LogP contribution is -2.44. The van der Waals surface area contributed by atoms with E-state index < -0.39 is 11.2 Å². The highest BCUT2D eigenvalue weighted by molar-refractivity contribution is 8.15. The highest BCUT2D eigenvalue weighted by atomic mass is 32.2. The zero-order valence-corrected chi connectivity index (χ0v) is 21.4. The van der Waals surface area contributed by atoms with Crippen LogP contribution < -0.4 is 10.1 Å². The Balaban J connectivity index is 1.60. The van der Waals surface area contributed by atoms with Gasteiger partial charge in [0.15, 0.2) is 5.17 Å². The normalized spacial score (nSPS) is 16.4. The van der Waals surface area contributed by atoms with Gasteiger partial charge in [-0.25, -0.2) is 9.79 Å². The van der Waals surface area contributed by atoms with E-state index >= 15 is 0 Å². The summed E-state index contributed by atoms with van der Waals surface area (Å²) in [5.41, 5.74) is 2.43. The number of amidine groups is 1. The number of rotatable bonds is 8. The number of thioether (sulfide) groups is 1. The molecular formula is C28H27N3O5S. The Hall–Kier alpha value is -4.11. The Labute approximate surface area is 219 Å². The Bertz CT molecular complexity index is 1290. The molecular weight excluding hydrogens is 490 g/mol. The van der Waals surface area contributed by atoms with E-state index in [9.17, 15) is 14.4 Å². The van der Waals surface area contributed by atoms with Gasteiger partial charge in [-0.15, -0.1) is 0 Å². The molecule has 1 unspecified atom stereocenters. The molecule has 0 aromatic heterocycles. The van der Waals surface area contributed by atoms with Gasteiger partial charge in [-0.3, -0.25) is 14.5 Å². The van der Waals surface area contributed by atoms with Gasteiger partial charge < -0.3 is 14.8 Å². The molecule has 0 bridgehead atoms. The number of hydrogen-bond acceptors (Lipinski definition) is 7. The van der Waals surface area contributed by atoms with Crippen LogP contribution in [0.1, 0.15) is 29.3 Å². The number of para-hydroxylation sites is 2. The molecule has 1 aliphatic rings. The van der Waals surface area contributed by atoms with Crippen LogP contribution in [-0.4, -0.2) is 46.8 Å². The lowest BCUT2D eigenvalue weighted by atomic mass is 10.2. The van der Waals surface area contributed by atoms with E-state index in [0.717, 1.165) is 5.56 Å². The third kappa shape index (κ3) is 6.56. The number of anilines is 1. The van der Waals surface area contributed by atoms with Gasteiger partial charge in [0.2, 0.25) is 11.8 Å². The van der Waals surface area contributed by atoms with Crippen LogP contribution in [0, 0.1) is 0 Å². The maximum absolute atomic E-state index is 13.3. The molecule has 2 amide bonds. The minimum absolute atomic E-state index is 0.0271. The predicted molar refractivity (Wildman–Crippen MR) is 144 cm³/mol. The molecule has 3 aromatic rings. The smallest absolute Gasteiger partial charge is 0.338 e. The third-order valence-electron chi connectivity index (χ3n) is 5.58. The molecule has 0 spiro atoms. The van der Waals surface area contributed by atoms with Gasteiger partial charge in [0, 0.05) is 6.42 Å². The van der Waals surface area contributed by atoms with Crippen molar-refractivity contribution in [2.24, 2.45) is 4.99 Å². The van der Waals surface area contributed by atoms with Gasteiger partial charge in [-0.1, -0.05) is 54.2 Å². The van der Waals surface area contributed by atoms with Crippen molar-refractivity contribution in [3.8, 4) is 5.75 Å². The highest BCUT2D eigenvalue weighted by Gasteiger charge is 2.36. The molecule has 9 heteroatoms. The molecule has 1 saturated heterocycles. The number of benzene rings is 3. The molecule has 190 valence electrons. The van der Waals surface area contributed by atoms with Crippen LogP contribution >= 0.6 is 11.8 Å². The third-order valence-corrected chi connectivity index (χ3v) is 6.77. The molecule has 3 aromatic carbocycles. The number of hydrogen-bond donors (Lipinski definition) is 1. The Morgan fingerprint density at radius 3 is 2.43 bits per heavy atom. The van der Waals surface area contributed by atoms with Gasteiger partial charge in [0.05, 0.1) is 37.2 Å². The average Bonchev–Trinajstić information content (AvgIpc) is 2.92. The Morgan fingerprint density at radius 2 is 1.73 bits per heavy atom. The van der Waals surface area contributed by atoms with E-state index in [1.807, 2.05) is 36.4 Å². The van der Waals surface area contributed by atoms with Crippen LogP contribution in [0.3, 0.4) is 0 Å². The molecule has 0 radical (unpaired) electrons. The fourth-order valence-corrected chi connectivity index (χ4v) is 4.82. The largest absolute Gasteiger partial charge is 0.495 e. The van der Waals surface area contributed by atoms with Crippen molar-refractivity contribution in [3.63, 3.8) is 0 Å². The maximum atomic E-state index is 13.3. The number of carbonyl (C=O) groups excluding carboxylic acids is 3. The first kappa shape index (κ1) is 26.0. The summed E-state index contributed by atoms with van der Waals surface area (Å²) < 4.78 is 10.4. The first-order valence-corrected chi connectivity index (χ1v) is 12.7. The van der Waals surface area contributed by atoms with E-state index in [-0.39, 0.29) is 24.8 Å². The molecule has 0 saturated carbocycles. The fraction of sp³-hybridized carbons (Fsp3) is 0.214. The summed E-state index contributed by atoms with van der Waals surface area (Å²) in [5.74, 6) is -0.399. The Morgan fingerprint density at radius 1 is 1.03 bits per heavy atom. The van der Waals surface area contributed by atoms with Gasteiger partial charge in [0.25, 0.3) is 0 Å². The second kappa shape index (κ2) is 12.2. The van der Waals surface area contributed by atoms with Crippen molar-refractivity contribution < 1.29 is 23.9 Å². The average molecular weight is 518 g/mol. The molecule has 1 atom stereocenters. The van der Waals surface area contributed by atoms with Crippen molar-refractivity contribution in [3.05, 3.63) is 90.0 Å². The summed E-state index contributed by atoms with van der Waals surface area (Å²) in [6.07, 6.45) is 0.0271. The predicted octanol–water partition coefficient (Wildman–Crippen LogP) is 5.03. The summed E-state index contributed by atoms with van der Waals surface area (Å²) in [6.45, 7) is 2.36. The minimum atomic E-state index is -0.679. The number of ether oxygens (including phenoxy) is 2. The number of amides is 2. The number of methoxy groups -OCH3 is 1. The zero-order chi connectivity index (χ0) is 26.2. The van der Waals surface area contributed by atoms with Crippen LogP contribution in [-0.2, 0) is 20.9 Å². The van der Waals surface area contributed by atoms with E-state index in [1.54, 1.807) is 54.3 Å². The molecule has 8 nitrogen and oxygen atoms in total. The van der Waals surface area contributed by atoms with Crippen molar-refractivity contribution in [2.45, 2.75) is 25.1 Å². The van der Waals surface area contributed by atoms with E-state index in [2.05, 4.69) is 5.32 Å². The van der Waals surface area contributed by atoms with E-state index in [0.29, 0.717) is 34.4 Å². The molecule has 4 rings (SSSR count). The van der Waals surface area contributed by atoms with E-state index in [4.69, 9.17) is 14.5 Å². The highest BCUT2D eigenvalue weighted by Crippen LogP contribution is 2.32. The zero-order valence-electron chi connectivity index (χ0n) is 20.5. The minimum Gasteiger partial charge on any atom is -0.495 e. The fourth-order valence-electron chi connectivity index (χ4n) is 3.72. The Kier molecular flexibility index (Phi) is 8.58. The standard InChI is InChI=1S/C28H27N3O5S/c1-3-36-27(34)20-13-15-21(16-14-20)29-28-31(18-19-9-5-4-6-10-19)25(32)17-24(37-28)26(33)30-22-11-7-8-12-23(22)35-2/h4-16,24H,3,17-18H2,1-2H3,(H,30,33). The second-order valence-electron chi connectivity index (χ2n) is 8.13. The van der Waals surface area contributed by atoms with Crippen LogP contribution in [0.25, 0.3) is 0 Å². The topological polar surface area (TPSA) is 97.3 Å². The first-order chi connectivity index (χ1) is 18.0. The number of carbonyl (C=O) groups is 3. The molecule has 0 aliphatic carbocycles. The number of nitrogens with zero attached hydrogens (tertiary/aromatic N) is 2. The first-order valence-electron chi connectivity index (χ1n) is 11.8. The lowest BCUT2D eigenvalue weighted by molar-refractivity contribution is -0.129. The van der Waals surface area contributed by atoms with Crippen LogP contribution in [0.15, 0.2) is 83.9 Å². The van der Waals surface area contributed by atoms with E-state index in [1.165, 1.54) is 18.9 Å². The van der Waals surface area contributed by atoms with Gasteiger partial charge in [-0.05, 0) is 48.9 Å². The van der Waals surface area contributed by atoms with Crippen molar-refractivity contribution >= 4 is 46.1 Å². The van der Waals surface area contributed by atoms with Gasteiger partial charge in [-0.2, -0.15) is 0 Å². The summed E-state index contributed by atoms with van der Waals surface area (Å²) >= 11 is 1.23. The van der Waals surface area contributed by atoms with Crippen molar-refractivity contribution in [2.75, 3.05) is 19.0 Å². The maximum Gasteiger partial charge on any atom is 0.338 e. The quantitative estimate of drug-likeness (QED) is 0.421. The second-order valence-corrected chi connectivity index (χ2v) is 9.30. The molecule has 1 aliphatic heterocycles. The monoisotopic (exact) mass is 517 g/mol.